The summed E-state index contributed by atoms with van der Waals surface area (Å²) in [5.41, 5.74) is 0.714. The molecule has 0 bridgehead atoms. The maximum atomic E-state index is 12.3. The zero-order valence-corrected chi connectivity index (χ0v) is 12.9. The number of carbonyl (C=O) groups is 1. The summed E-state index contributed by atoms with van der Waals surface area (Å²) in [6.45, 7) is 7.65. The van der Waals surface area contributed by atoms with E-state index in [1.165, 1.54) is 6.92 Å². The average Bonchev–Trinajstić information content (AvgIpc) is 2.77. The van der Waals surface area contributed by atoms with Crippen molar-refractivity contribution >= 4 is 16.0 Å². The summed E-state index contributed by atoms with van der Waals surface area (Å²) >= 11 is 0. The number of hydrogen-bond acceptors (Lipinski definition) is 3. The van der Waals surface area contributed by atoms with Crippen LogP contribution < -0.4 is 4.72 Å². The topological polar surface area (TPSA) is 99.3 Å². The van der Waals surface area contributed by atoms with E-state index in [9.17, 15) is 13.2 Å². The second kappa shape index (κ2) is 4.60. The third-order valence-corrected chi connectivity index (χ3v) is 5.79. The molecular weight excluding hydrogens is 280 g/mol. The van der Waals surface area contributed by atoms with Gasteiger partial charge in [0.1, 0.15) is 10.6 Å². The molecule has 0 radical (unpaired) electrons. The first kappa shape index (κ1) is 15.1. The van der Waals surface area contributed by atoms with Crippen LogP contribution in [0.1, 0.15) is 42.0 Å². The number of carboxylic acid groups (broad SMARTS) is 1. The zero-order chi connectivity index (χ0) is 15.3. The molecule has 2 rings (SSSR count). The van der Waals surface area contributed by atoms with Crippen LogP contribution in [0.15, 0.2) is 4.90 Å². The first-order chi connectivity index (χ1) is 9.06. The Morgan fingerprint density at radius 2 is 2.00 bits per heavy atom. The van der Waals surface area contributed by atoms with Crippen LogP contribution >= 0.6 is 0 Å². The number of aromatic carboxylic acids is 1. The molecule has 1 saturated carbocycles. The molecule has 1 aliphatic carbocycles. The van der Waals surface area contributed by atoms with Crippen LogP contribution in [0.3, 0.4) is 0 Å². The van der Waals surface area contributed by atoms with Crippen molar-refractivity contribution < 1.29 is 18.3 Å². The lowest BCUT2D eigenvalue weighted by Crippen LogP contribution is -2.27. The lowest BCUT2D eigenvalue weighted by atomic mass is 10.1. The molecule has 6 nitrogen and oxygen atoms in total. The molecule has 1 fully saturated rings. The van der Waals surface area contributed by atoms with Gasteiger partial charge in [-0.3, -0.25) is 0 Å². The van der Waals surface area contributed by atoms with Gasteiger partial charge in [-0.15, -0.1) is 0 Å². The summed E-state index contributed by atoms with van der Waals surface area (Å²) in [5.74, 6) is -0.814. The normalized spacial score (nSPS) is 20.9. The molecule has 0 saturated heterocycles. The minimum atomic E-state index is -3.68. The predicted octanol–water partition coefficient (Wildman–Crippen LogP) is 1.65. The molecule has 1 aromatic rings. The predicted molar refractivity (Wildman–Crippen MR) is 74.3 cm³/mol. The van der Waals surface area contributed by atoms with E-state index in [0.717, 1.165) is 6.42 Å². The van der Waals surface area contributed by atoms with E-state index in [2.05, 4.69) is 23.6 Å². The number of aromatic amines is 1. The summed E-state index contributed by atoms with van der Waals surface area (Å²) in [6.07, 6.45) is 1.00. The highest BCUT2D eigenvalue weighted by atomic mass is 32.2. The highest BCUT2D eigenvalue weighted by Crippen LogP contribution is 2.51. The fraction of sp³-hybridized carbons (Fsp3) is 0.615. The number of H-pyrrole nitrogens is 1. The van der Waals surface area contributed by atoms with E-state index >= 15 is 0 Å². The van der Waals surface area contributed by atoms with Crippen molar-refractivity contribution in [1.82, 2.24) is 9.71 Å². The van der Waals surface area contributed by atoms with Gasteiger partial charge in [-0.05, 0) is 31.6 Å². The molecule has 1 atom stereocenters. The number of aromatic nitrogens is 1. The van der Waals surface area contributed by atoms with Crippen LogP contribution in [0, 0.1) is 25.2 Å². The van der Waals surface area contributed by atoms with E-state index in [1.807, 2.05) is 0 Å². The minimum absolute atomic E-state index is 0.0494. The smallest absolute Gasteiger partial charge is 0.352 e. The molecule has 0 amide bonds. The number of carboxylic acids is 1. The Hall–Kier alpha value is -1.34. The molecule has 7 heteroatoms. The molecule has 3 N–H and O–H groups in total. The number of sulfonamides is 1. The van der Waals surface area contributed by atoms with Gasteiger partial charge >= 0.3 is 5.97 Å². The Bertz CT molecular complexity index is 658. The van der Waals surface area contributed by atoms with Crippen LogP contribution in [0.5, 0.6) is 0 Å². The summed E-state index contributed by atoms with van der Waals surface area (Å²) in [4.78, 5) is 13.7. The van der Waals surface area contributed by atoms with Gasteiger partial charge in [0, 0.05) is 17.8 Å². The Morgan fingerprint density at radius 1 is 1.45 bits per heavy atom. The molecule has 0 aliphatic heterocycles. The van der Waals surface area contributed by atoms with E-state index in [1.54, 1.807) is 6.92 Å². The van der Waals surface area contributed by atoms with Crippen molar-refractivity contribution in [3.8, 4) is 0 Å². The van der Waals surface area contributed by atoms with Gasteiger partial charge in [-0.25, -0.2) is 17.9 Å². The van der Waals surface area contributed by atoms with Gasteiger partial charge in [0.2, 0.25) is 10.0 Å². The van der Waals surface area contributed by atoms with Crippen LogP contribution in [-0.4, -0.2) is 31.0 Å². The van der Waals surface area contributed by atoms with Crippen LogP contribution in [-0.2, 0) is 10.0 Å². The average molecular weight is 300 g/mol. The van der Waals surface area contributed by atoms with E-state index in [4.69, 9.17) is 5.11 Å². The summed E-state index contributed by atoms with van der Waals surface area (Å²) < 4.78 is 27.2. The first-order valence-electron chi connectivity index (χ1n) is 6.48. The van der Waals surface area contributed by atoms with Crippen molar-refractivity contribution in [2.75, 3.05) is 6.54 Å². The Balaban J connectivity index is 2.24. The Labute approximate surface area is 118 Å². The third kappa shape index (κ3) is 2.60. The van der Waals surface area contributed by atoms with Crippen LogP contribution in [0.2, 0.25) is 0 Å². The quantitative estimate of drug-likeness (QED) is 0.770. The lowest BCUT2D eigenvalue weighted by Gasteiger charge is -2.08. The van der Waals surface area contributed by atoms with Crippen LogP contribution in [0.25, 0.3) is 0 Å². The van der Waals surface area contributed by atoms with Gasteiger partial charge in [0.15, 0.2) is 0 Å². The fourth-order valence-corrected chi connectivity index (χ4v) is 4.08. The van der Waals surface area contributed by atoms with Gasteiger partial charge < -0.3 is 10.1 Å². The van der Waals surface area contributed by atoms with Gasteiger partial charge in [0.25, 0.3) is 0 Å². The molecule has 1 unspecified atom stereocenters. The van der Waals surface area contributed by atoms with Gasteiger partial charge in [-0.1, -0.05) is 13.8 Å². The standard InChI is InChI=1S/C13H20N2O4S/c1-7-10(12(16)17)15-8(2)11(7)20(18,19)14-6-9-5-13(9,3)4/h9,14-15H,5-6H2,1-4H3,(H,16,17). The second-order valence-electron chi connectivity index (χ2n) is 6.13. The van der Waals surface area contributed by atoms with Crippen molar-refractivity contribution in [2.24, 2.45) is 11.3 Å². The molecule has 1 aliphatic rings. The third-order valence-electron chi connectivity index (χ3n) is 4.09. The van der Waals surface area contributed by atoms with E-state index < -0.39 is 16.0 Å². The summed E-state index contributed by atoms with van der Waals surface area (Å²) in [6, 6.07) is 0. The van der Waals surface area contributed by atoms with Crippen LogP contribution in [0.4, 0.5) is 0 Å². The lowest BCUT2D eigenvalue weighted by molar-refractivity contribution is 0.0690. The summed E-state index contributed by atoms with van der Waals surface area (Å²) in [5, 5.41) is 9.02. The molecule has 112 valence electrons. The van der Waals surface area contributed by atoms with Gasteiger partial charge in [0.05, 0.1) is 0 Å². The zero-order valence-electron chi connectivity index (χ0n) is 12.1. The van der Waals surface area contributed by atoms with E-state index in [-0.39, 0.29) is 21.6 Å². The minimum Gasteiger partial charge on any atom is -0.477 e. The maximum absolute atomic E-state index is 12.3. The number of hydrogen-bond donors (Lipinski definition) is 3. The largest absolute Gasteiger partial charge is 0.477 e. The molecule has 1 aromatic heterocycles. The number of rotatable bonds is 5. The first-order valence-corrected chi connectivity index (χ1v) is 7.96. The van der Waals surface area contributed by atoms with Crippen molar-refractivity contribution in [2.45, 2.75) is 39.0 Å². The molecule has 20 heavy (non-hydrogen) atoms. The highest BCUT2D eigenvalue weighted by Gasteiger charge is 2.45. The molecule has 0 aromatic carbocycles. The van der Waals surface area contributed by atoms with Gasteiger partial charge in [-0.2, -0.15) is 0 Å². The molecule has 0 spiro atoms. The SMILES string of the molecule is Cc1[nH]c(C(=O)O)c(C)c1S(=O)(=O)NCC1CC1(C)C. The summed E-state index contributed by atoms with van der Waals surface area (Å²) in [7, 11) is -3.68. The van der Waals surface area contributed by atoms with Crippen molar-refractivity contribution in [3.05, 3.63) is 17.0 Å². The monoisotopic (exact) mass is 300 g/mol. The van der Waals surface area contributed by atoms with Crippen molar-refractivity contribution in [1.29, 1.82) is 0 Å². The molecular formula is C13H20N2O4S. The highest BCUT2D eigenvalue weighted by molar-refractivity contribution is 7.89. The maximum Gasteiger partial charge on any atom is 0.352 e. The Kier molecular flexibility index (Phi) is 3.46. The number of aryl methyl sites for hydroxylation is 1. The fourth-order valence-electron chi connectivity index (χ4n) is 2.56. The van der Waals surface area contributed by atoms with E-state index in [0.29, 0.717) is 18.2 Å². The number of nitrogens with one attached hydrogen (secondary N) is 2. The molecule has 1 heterocycles. The Morgan fingerprint density at radius 3 is 2.40 bits per heavy atom. The van der Waals surface area contributed by atoms with Crippen molar-refractivity contribution in [3.63, 3.8) is 0 Å². The second-order valence-corrected chi connectivity index (χ2v) is 7.83.